The number of hydrogen-bond donors (Lipinski definition) is 3. The van der Waals surface area contributed by atoms with E-state index in [9.17, 15) is 4.79 Å². The fraction of sp³-hybridized carbons (Fsp3) is 0.583. The summed E-state index contributed by atoms with van der Waals surface area (Å²) in [6.07, 6.45) is 3.55. The lowest BCUT2D eigenvalue weighted by Gasteiger charge is -2.35. The minimum atomic E-state index is -0.357. The van der Waals surface area contributed by atoms with Gasteiger partial charge >= 0.3 is 0 Å². The molecule has 8 nitrogen and oxygen atoms in total. The van der Waals surface area contributed by atoms with Crippen molar-refractivity contribution in [1.29, 1.82) is 0 Å². The van der Waals surface area contributed by atoms with Crippen molar-refractivity contribution in [3.63, 3.8) is 0 Å². The molecule has 1 amide bonds. The Hall–Kier alpha value is -1.93. The molecule has 1 aromatic heterocycles. The molecule has 0 radical (unpaired) electrons. The largest absolute Gasteiger partial charge is 0.377 e. The second-order valence-corrected chi connectivity index (χ2v) is 4.97. The molecule has 1 unspecified atom stereocenters. The van der Waals surface area contributed by atoms with Crippen LogP contribution < -0.4 is 21.5 Å². The Morgan fingerprint density at radius 1 is 1.45 bits per heavy atom. The SMILES string of the molecule is NNc1cc(N2CCOCC2C(=O)NC2CC2)ncn1. The van der Waals surface area contributed by atoms with E-state index in [1.54, 1.807) is 6.07 Å². The van der Waals surface area contributed by atoms with Crippen LogP contribution in [0.1, 0.15) is 12.8 Å². The second-order valence-electron chi connectivity index (χ2n) is 4.97. The Labute approximate surface area is 116 Å². The van der Waals surface area contributed by atoms with Crippen LogP contribution in [0.25, 0.3) is 0 Å². The van der Waals surface area contributed by atoms with Gasteiger partial charge in [0.05, 0.1) is 13.2 Å². The molecule has 0 spiro atoms. The normalized spacial score (nSPS) is 22.4. The van der Waals surface area contributed by atoms with Gasteiger partial charge in [-0.2, -0.15) is 0 Å². The maximum absolute atomic E-state index is 12.3. The number of aromatic nitrogens is 2. The quantitative estimate of drug-likeness (QED) is 0.491. The third-order valence-corrected chi connectivity index (χ3v) is 3.45. The first-order valence-electron chi connectivity index (χ1n) is 6.71. The van der Waals surface area contributed by atoms with E-state index in [4.69, 9.17) is 10.6 Å². The van der Waals surface area contributed by atoms with Gasteiger partial charge < -0.3 is 20.4 Å². The fourth-order valence-corrected chi connectivity index (χ4v) is 2.20. The maximum Gasteiger partial charge on any atom is 0.245 e. The van der Waals surface area contributed by atoms with Gasteiger partial charge in [-0.05, 0) is 12.8 Å². The zero-order valence-electron chi connectivity index (χ0n) is 11.1. The Morgan fingerprint density at radius 3 is 3.05 bits per heavy atom. The minimum Gasteiger partial charge on any atom is -0.377 e. The van der Waals surface area contributed by atoms with E-state index in [-0.39, 0.29) is 11.9 Å². The molecule has 2 fully saturated rings. The molecule has 1 aliphatic heterocycles. The number of carbonyl (C=O) groups excluding carboxylic acids is 1. The number of nitrogens with zero attached hydrogens (tertiary/aromatic N) is 3. The van der Waals surface area contributed by atoms with Crippen molar-refractivity contribution < 1.29 is 9.53 Å². The first-order valence-corrected chi connectivity index (χ1v) is 6.71. The van der Waals surface area contributed by atoms with E-state index >= 15 is 0 Å². The van der Waals surface area contributed by atoms with Gasteiger partial charge in [0, 0.05) is 18.7 Å². The highest BCUT2D eigenvalue weighted by atomic mass is 16.5. The van der Waals surface area contributed by atoms with Gasteiger partial charge in [0.1, 0.15) is 24.0 Å². The van der Waals surface area contributed by atoms with Crippen molar-refractivity contribution in [1.82, 2.24) is 15.3 Å². The summed E-state index contributed by atoms with van der Waals surface area (Å²) in [6.45, 7) is 1.56. The molecule has 1 atom stereocenters. The Morgan fingerprint density at radius 2 is 2.30 bits per heavy atom. The molecule has 1 aliphatic carbocycles. The van der Waals surface area contributed by atoms with E-state index < -0.39 is 0 Å². The standard InChI is InChI=1S/C12H18N6O2/c13-17-10-5-11(15-7-14-10)18-3-4-20-6-9(18)12(19)16-8-1-2-8/h5,7-9H,1-4,6,13H2,(H,16,19)(H,14,15,17). The van der Waals surface area contributed by atoms with Crippen molar-refractivity contribution in [3.8, 4) is 0 Å². The number of anilines is 2. The molecular formula is C12H18N6O2. The smallest absolute Gasteiger partial charge is 0.245 e. The molecular weight excluding hydrogens is 260 g/mol. The van der Waals surface area contributed by atoms with E-state index in [1.165, 1.54) is 6.33 Å². The molecule has 1 saturated carbocycles. The molecule has 20 heavy (non-hydrogen) atoms. The number of ether oxygens (including phenoxy) is 1. The van der Waals surface area contributed by atoms with Gasteiger partial charge in [-0.1, -0.05) is 0 Å². The van der Waals surface area contributed by atoms with Crippen LogP contribution >= 0.6 is 0 Å². The molecule has 1 saturated heterocycles. The van der Waals surface area contributed by atoms with Crippen molar-refractivity contribution in [3.05, 3.63) is 12.4 Å². The second kappa shape index (κ2) is 5.59. The topological polar surface area (TPSA) is 105 Å². The van der Waals surface area contributed by atoms with Gasteiger partial charge in [0.2, 0.25) is 5.91 Å². The summed E-state index contributed by atoms with van der Waals surface area (Å²) in [5, 5.41) is 3.01. The van der Waals surface area contributed by atoms with Crippen LogP contribution in [-0.4, -0.2) is 47.7 Å². The molecule has 4 N–H and O–H groups in total. The van der Waals surface area contributed by atoms with Gasteiger partial charge in [0.15, 0.2) is 0 Å². The molecule has 2 aliphatic rings. The molecule has 2 heterocycles. The highest BCUT2D eigenvalue weighted by Gasteiger charge is 2.33. The third kappa shape index (κ3) is 2.81. The Balaban J connectivity index is 1.77. The lowest BCUT2D eigenvalue weighted by atomic mass is 10.2. The van der Waals surface area contributed by atoms with E-state index in [0.717, 1.165) is 12.8 Å². The monoisotopic (exact) mass is 278 g/mol. The van der Waals surface area contributed by atoms with Crippen molar-refractivity contribution in [2.75, 3.05) is 30.1 Å². The summed E-state index contributed by atoms with van der Waals surface area (Å²) in [6, 6.07) is 1.70. The fourth-order valence-electron chi connectivity index (χ4n) is 2.20. The zero-order valence-corrected chi connectivity index (χ0v) is 11.1. The van der Waals surface area contributed by atoms with Crippen molar-refractivity contribution in [2.45, 2.75) is 24.9 Å². The summed E-state index contributed by atoms with van der Waals surface area (Å²) in [7, 11) is 0. The predicted molar refractivity (Wildman–Crippen MR) is 73.0 cm³/mol. The lowest BCUT2D eigenvalue weighted by Crippen LogP contribution is -2.54. The van der Waals surface area contributed by atoms with E-state index in [0.29, 0.717) is 37.4 Å². The molecule has 8 heteroatoms. The minimum absolute atomic E-state index is 0.00642. The van der Waals surface area contributed by atoms with Crippen molar-refractivity contribution in [2.24, 2.45) is 5.84 Å². The third-order valence-electron chi connectivity index (χ3n) is 3.45. The highest BCUT2D eigenvalue weighted by Crippen LogP contribution is 2.22. The maximum atomic E-state index is 12.3. The van der Waals surface area contributed by atoms with Crippen LogP contribution in [0, 0.1) is 0 Å². The summed E-state index contributed by atoms with van der Waals surface area (Å²) >= 11 is 0. The first kappa shape index (κ1) is 13.1. The van der Waals surface area contributed by atoms with Crippen LogP contribution in [0.2, 0.25) is 0 Å². The van der Waals surface area contributed by atoms with Gasteiger partial charge in [-0.3, -0.25) is 4.79 Å². The Bertz CT molecular complexity index is 493. The number of nitrogen functional groups attached to an aromatic ring is 1. The summed E-state index contributed by atoms with van der Waals surface area (Å²) in [4.78, 5) is 22.4. The number of hydrogen-bond acceptors (Lipinski definition) is 7. The lowest BCUT2D eigenvalue weighted by molar-refractivity contribution is -0.124. The number of rotatable bonds is 4. The number of morpholine rings is 1. The number of nitrogens with two attached hydrogens (primary N) is 1. The van der Waals surface area contributed by atoms with Crippen LogP contribution in [0.4, 0.5) is 11.6 Å². The summed E-state index contributed by atoms with van der Waals surface area (Å²) in [5.41, 5.74) is 2.48. The summed E-state index contributed by atoms with van der Waals surface area (Å²) in [5.74, 6) is 6.54. The van der Waals surface area contributed by atoms with Crippen LogP contribution in [-0.2, 0) is 9.53 Å². The average molecular weight is 278 g/mol. The van der Waals surface area contributed by atoms with Crippen molar-refractivity contribution >= 4 is 17.5 Å². The molecule has 3 rings (SSSR count). The number of hydrazine groups is 1. The molecule has 108 valence electrons. The Kier molecular flexibility index (Phi) is 3.66. The van der Waals surface area contributed by atoms with E-state index in [1.807, 2.05) is 4.90 Å². The van der Waals surface area contributed by atoms with Gasteiger partial charge in [-0.25, -0.2) is 15.8 Å². The number of amides is 1. The van der Waals surface area contributed by atoms with E-state index in [2.05, 4.69) is 20.7 Å². The van der Waals surface area contributed by atoms with Gasteiger partial charge in [0.25, 0.3) is 0 Å². The highest BCUT2D eigenvalue weighted by molar-refractivity contribution is 5.86. The number of nitrogens with one attached hydrogen (secondary N) is 2. The van der Waals surface area contributed by atoms with Gasteiger partial charge in [-0.15, -0.1) is 0 Å². The average Bonchev–Trinajstić information content (AvgIpc) is 3.31. The number of carbonyl (C=O) groups is 1. The zero-order chi connectivity index (χ0) is 13.9. The molecule has 0 aromatic carbocycles. The molecule has 1 aromatic rings. The van der Waals surface area contributed by atoms with Crippen LogP contribution in [0.3, 0.4) is 0 Å². The first-order chi connectivity index (χ1) is 9.78. The molecule has 0 bridgehead atoms. The van der Waals surface area contributed by atoms with Crippen LogP contribution in [0.5, 0.6) is 0 Å². The van der Waals surface area contributed by atoms with Crippen LogP contribution in [0.15, 0.2) is 12.4 Å². The summed E-state index contributed by atoms with van der Waals surface area (Å²) < 4.78 is 5.43. The predicted octanol–water partition coefficient (Wildman–Crippen LogP) is -0.754.